The van der Waals surface area contributed by atoms with Gasteiger partial charge in [-0.3, -0.25) is 9.98 Å². The number of methoxy groups -OCH3 is 2. The maximum atomic E-state index is 5.26. The molecule has 0 atom stereocenters. The van der Waals surface area contributed by atoms with Crippen molar-refractivity contribution in [1.82, 2.24) is 0 Å². The zero-order valence-electron chi connectivity index (χ0n) is 24.0. The first kappa shape index (κ1) is 27.4. The van der Waals surface area contributed by atoms with Gasteiger partial charge in [0.1, 0.15) is 11.5 Å². The Morgan fingerprint density at radius 2 is 1.00 bits per heavy atom. The van der Waals surface area contributed by atoms with E-state index in [1.54, 1.807) is 14.2 Å². The summed E-state index contributed by atoms with van der Waals surface area (Å²) in [5, 5.41) is 0. The summed E-state index contributed by atoms with van der Waals surface area (Å²) in [5.41, 5.74) is 9.31. The summed E-state index contributed by atoms with van der Waals surface area (Å²) in [5.74, 6) is 1.70. The third-order valence-corrected chi connectivity index (χ3v) is 8.14. The molecule has 0 radical (unpaired) electrons. The fourth-order valence-electron chi connectivity index (χ4n) is 5.76. The molecule has 0 bridgehead atoms. The second-order valence-electron chi connectivity index (χ2n) is 10.7. The normalized spacial score (nSPS) is 15.0. The van der Waals surface area contributed by atoms with Crippen LogP contribution >= 0.6 is 0 Å². The van der Waals surface area contributed by atoms with Crippen molar-refractivity contribution in [2.75, 3.05) is 14.2 Å². The minimum atomic E-state index is 0.0181. The van der Waals surface area contributed by atoms with Gasteiger partial charge in [-0.15, -0.1) is 0 Å². The molecule has 5 rings (SSSR count). The van der Waals surface area contributed by atoms with E-state index in [9.17, 15) is 0 Å². The summed E-state index contributed by atoms with van der Waals surface area (Å²) in [7, 11) is 3.36. The Hall–Kier alpha value is -4.18. The van der Waals surface area contributed by atoms with Crippen LogP contribution < -0.4 is 9.47 Å². The third-order valence-electron chi connectivity index (χ3n) is 8.14. The predicted molar refractivity (Wildman–Crippen MR) is 167 cm³/mol. The summed E-state index contributed by atoms with van der Waals surface area (Å²) in [6.45, 7) is 4.34. The molecule has 1 saturated carbocycles. The summed E-state index contributed by atoms with van der Waals surface area (Å²) in [6, 6.07) is 29.6. The number of benzene rings is 4. The first-order chi connectivity index (χ1) is 19.5. The van der Waals surface area contributed by atoms with Crippen LogP contribution in [-0.4, -0.2) is 26.6 Å². The van der Waals surface area contributed by atoms with Crippen LogP contribution in [0.2, 0.25) is 0 Å². The highest BCUT2D eigenvalue weighted by Crippen LogP contribution is 2.46. The van der Waals surface area contributed by atoms with Gasteiger partial charge >= 0.3 is 0 Å². The summed E-state index contributed by atoms with van der Waals surface area (Å²) in [6.07, 6.45) is 9.95. The molecular weight excluding hydrogens is 492 g/mol. The van der Waals surface area contributed by atoms with Crippen LogP contribution in [0, 0.1) is 13.8 Å². The lowest BCUT2D eigenvalue weighted by Gasteiger charge is -2.39. The van der Waals surface area contributed by atoms with Crippen molar-refractivity contribution in [1.29, 1.82) is 0 Å². The van der Waals surface area contributed by atoms with Crippen molar-refractivity contribution in [2.24, 2.45) is 9.98 Å². The van der Waals surface area contributed by atoms with Gasteiger partial charge in [0.15, 0.2) is 0 Å². The molecule has 40 heavy (non-hydrogen) atoms. The van der Waals surface area contributed by atoms with E-state index in [1.807, 2.05) is 61.0 Å². The van der Waals surface area contributed by atoms with Crippen LogP contribution in [0.5, 0.6) is 11.5 Å². The van der Waals surface area contributed by atoms with Gasteiger partial charge in [-0.2, -0.15) is 0 Å². The molecule has 1 fully saturated rings. The highest BCUT2D eigenvalue weighted by Gasteiger charge is 2.36. The second-order valence-corrected chi connectivity index (χ2v) is 10.7. The van der Waals surface area contributed by atoms with Gasteiger partial charge in [-0.1, -0.05) is 43.5 Å². The molecule has 0 unspecified atom stereocenters. The van der Waals surface area contributed by atoms with Gasteiger partial charge in [0.2, 0.25) is 0 Å². The lowest BCUT2D eigenvalue weighted by Crippen LogP contribution is -2.30. The van der Waals surface area contributed by atoms with E-state index in [4.69, 9.17) is 19.5 Å². The lowest BCUT2D eigenvalue weighted by atomic mass is 9.65. The summed E-state index contributed by atoms with van der Waals surface area (Å²) in [4.78, 5) is 9.61. The zero-order chi connectivity index (χ0) is 28.0. The van der Waals surface area contributed by atoms with Gasteiger partial charge in [0.05, 0.1) is 25.6 Å². The Kier molecular flexibility index (Phi) is 8.45. The molecule has 1 aliphatic carbocycles. The van der Waals surface area contributed by atoms with Crippen LogP contribution in [0.3, 0.4) is 0 Å². The average molecular weight is 531 g/mol. The van der Waals surface area contributed by atoms with E-state index in [-0.39, 0.29) is 5.41 Å². The molecule has 4 aromatic rings. The van der Waals surface area contributed by atoms with Crippen molar-refractivity contribution in [2.45, 2.75) is 51.4 Å². The molecule has 0 heterocycles. The molecule has 4 aromatic carbocycles. The zero-order valence-corrected chi connectivity index (χ0v) is 24.0. The fourth-order valence-corrected chi connectivity index (χ4v) is 5.76. The first-order valence-corrected chi connectivity index (χ1v) is 14.1. The molecule has 1 aliphatic rings. The summed E-state index contributed by atoms with van der Waals surface area (Å²) < 4.78 is 10.5. The maximum absolute atomic E-state index is 5.26. The van der Waals surface area contributed by atoms with Crippen molar-refractivity contribution >= 4 is 23.8 Å². The van der Waals surface area contributed by atoms with Crippen LogP contribution in [0.25, 0.3) is 0 Å². The fraction of sp³-hybridized carbons (Fsp3) is 0.278. The minimum absolute atomic E-state index is 0.0181. The SMILES string of the molecule is COc1ccc(C=Nc2ccc(C3(c4ccc(N=Cc5ccc(OC)cc5)c(C)c4)CCCCC3)cc2C)cc1. The van der Waals surface area contributed by atoms with Crippen LogP contribution in [-0.2, 0) is 5.41 Å². The van der Waals surface area contributed by atoms with Crippen molar-refractivity contribution in [3.63, 3.8) is 0 Å². The van der Waals surface area contributed by atoms with Gasteiger partial charge in [-0.05, 0) is 121 Å². The van der Waals surface area contributed by atoms with Crippen LogP contribution in [0.1, 0.15) is 65.5 Å². The van der Waals surface area contributed by atoms with E-state index >= 15 is 0 Å². The maximum Gasteiger partial charge on any atom is 0.118 e. The number of hydrogen-bond acceptors (Lipinski definition) is 4. The Balaban J connectivity index is 1.41. The number of aliphatic imine (C=N–C) groups is 2. The van der Waals surface area contributed by atoms with E-state index in [0.717, 1.165) is 46.8 Å². The Morgan fingerprint density at radius 3 is 1.38 bits per heavy atom. The molecule has 0 aromatic heterocycles. The topological polar surface area (TPSA) is 43.2 Å². The molecule has 4 nitrogen and oxygen atoms in total. The number of rotatable bonds is 8. The molecule has 4 heteroatoms. The Labute approximate surface area is 238 Å². The molecule has 204 valence electrons. The van der Waals surface area contributed by atoms with E-state index in [1.165, 1.54) is 41.5 Å². The molecule has 0 amide bonds. The van der Waals surface area contributed by atoms with Crippen molar-refractivity contribution in [3.05, 3.63) is 118 Å². The standard InChI is InChI=1S/C36H38N2O2/c1-26-22-30(12-18-34(26)37-24-28-8-14-32(39-3)15-9-28)36(20-6-5-7-21-36)31-13-19-35(27(2)23-31)38-25-29-10-16-33(40-4)17-11-29/h8-19,22-25H,5-7,20-21H2,1-4H3. The average Bonchev–Trinajstić information content (AvgIpc) is 3.00. The van der Waals surface area contributed by atoms with E-state index in [2.05, 4.69) is 50.2 Å². The second kappa shape index (κ2) is 12.3. The van der Waals surface area contributed by atoms with E-state index in [0.29, 0.717) is 0 Å². The van der Waals surface area contributed by atoms with Crippen LogP contribution in [0.15, 0.2) is 94.9 Å². The quantitative estimate of drug-likeness (QED) is 0.213. The number of hydrogen-bond donors (Lipinski definition) is 0. The molecule has 0 saturated heterocycles. The molecule has 0 N–H and O–H groups in total. The highest BCUT2D eigenvalue weighted by molar-refractivity contribution is 5.83. The largest absolute Gasteiger partial charge is 0.497 e. The van der Waals surface area contributed by atoms with Gasteiger partial charge in [0.25, 0.3) is 0 Å². The van der Waals surface area contributed by atoms with E-state index < -0.39 is 0 Å². The van der Waals surface area contributed by atoms with Gasteiger partial charge in [0, 0.05) is 17.8 Å². The monoisotopic (exact) mass is 530 g/mol. The number of ether oxygens (including phenoxy) is 2. The minimum Gasteiger partial charge on any atom is -0.497 e. The Bertz CT molecular complexity index is 1390. The van der Waals surface area contributed by atoms with Gasteiger partial charge < -0.3 is 9.47 Å². The lowest BCUT2D eigenvalue weighted by molar-refractivity contribution is 0.346. The molecule has 0 aliphatic heterocycles. The first-order valence-electron chi connectivity index (χ1n) is 14.1. The predicted octanol–water partition coefficient (Wildman–Crippen LogP) is 9.07. The van der Waals surface area contributed by atoms with Crippen LogP contribution in [0.4, 0.5) is 11.4 Å². The van der Waals surface area contributed by atoms with Gasteiger partial charge in [-0.25, -0.2) is 0 Å². The van der Waals surface area contributed by atoms with Crippen molar-refractivity contribution < 1.29 is 9.47 Å². The highest BCUT2D eigenvalue weighted by atomic mass is 16.5. The van der Waals surface area contributed by atoms with Crippen molar-refractivity contribution in [3.8, 4) is 11.5 Å². The molecule has 0 spiro atoms. The summed E-state index contributed by atoms with van der Waals surface area (Å²) >= 11 is 0. The Morgan fingerprint density at radius 1 is 0.575 bits per heavy atom. The number of nitrogens with zero attached hydrogens (tertiary/aromatic N) is 2. The third kappa shape index (κ3) is 6.02. The number of aryl methyl sites for hydroxylation is 2. The molecular formula is C36H38N2O2. The smallest absolute Gasteiger partial charge is 0.118 e.